The Labute approximate surface area is 103 Å². The lowest BCUT2D eigenvalue weighted by molar-refractivity contribution is 0.358. The molecule has 3 nitrogen and oxygen atoms in total. The fourth-order valence-electron chi connectivity index (χ4n) is 2.07. The van der Waals surface area contributed by atoms with Crippen LogP contribution in [0.2, 0.25) is 0 Å². The molecule has 0 saturated carbocycles. The Morgan fingerprint density at radius 1 is 1.35 bits per heavy atom. The second-order valence-corrected chi connectivity index (χ2v) is 4.79. The fraction of sp³-hybridized carbons (Fsp3) is 0.538. The summed E-state index contributed by atoms with van der Waals surface area (Å²) in [5, 5.41) is 0. The Kier molecular flexibility index (Phi) is 5.05. The van der Waals surface area contributed by atoms with E-state index < -0.39 is 0 Å². The molecule has 0 aliphatic heterocycles. The van der Waals surface area contributed by atoms with Crippen LogP contribution in [-0.2, 0) is 0 Å². The van der Waals surface area contributed by atoms with Crippen LogP contribution in [-0.4, -0.2) is 25.5 Å². The van der Waals surface area contributed by atoms with Crippen molar-refractivity contribution in [2.75, 3.05) is 20.6 Å². The number of nitrogens with zero attached hydrogens (tertiary/aromatic N) is 1. The number of hydrazine groups is 1. The van der Waals surface area contributed by atoms with Crippen molar-refractivity contribution in [2.45, 2.75) is 26.3 Å². The summed E-state index contributed by atoms with van der Waals surface area (Å²) in [5.74, 6) is 5.35. The van der Waals surface area contributed by atoms with E-state index >= 15 is 0 Å². The smallest absolute Gasteiger partial charge is 0.128 e. The average Bonchev–Trinajstić information content (AvgIpc) is 2.21. The van der Waals surface area contributed by atoms with Gasteiger partial charge in [0.25, 0.3) is 0 Å². The number of halogens is 1. The van der Waals surface area contributed by atoms with Crippen molar-refractivity contribution in [2.24, 2.45) is 5.84 Å². The highest BCUT2D eigenvalue weighted by atomic mass is 19.1. The number of aryl methyl sites for hydroxylation is 2. The molecule has 0 amide bonds. The normalized spacial score (nSPS) is 13.1. The van der Waals surface area contributed by atoms with E-state index in [1.165, 1.54) is 0 Å². The van der Waals surface area contributed by atoms with E-state index in [-0.39, 0.29) is 11.9 Å². The van der Waals surface area contributed by atoms with Gasteiger partial charge in [-0.2, -0.15) is 0 Å². The van der Waals surface area contributed by atoms with Crippen molar-refractivity contribution < 1.29 is 4.39 Å². The first-order valence-electron chi connectivity index (χ1n) is 5.83. The summed E-state index contributed by atoms with van der Waals surface area (Å²) in [7, 11) is 3.98. The number of hydrogen-bond acceptors (Lipinski definition) is 3. The third kappa shape index (κ3) is 3.77. The molecule has 4 heteroatoms. The average molecular weight is 239 g/mol. The second kappa shape index (κ2) is 6.10. The standard InChI is InChI=1S/C13H22FN3/c1-9-7-10(2)13(11(14)8-9)12(16-15)5-6-17(3)4/h7-8,12,16H,5-6,15H2,1-4H3. The van der Waals surface area contributed by atoms with E-state index in [1.807, 2.05) is 34.0 Å². The van der Waals surface area contributed by atoms with Crippen molar-refractivity contribution >= 4 is 0 Å². The molecular formula is C13H22FN3. The van der Waals surface area contributed by atoms with Crippen LogP contribution in [0.4, 0.5) is 4.39 Å². The molecule has 3 N–H and O–H groups in total. The Bertz CT molecular complexity index is 354. The summed E-state index contributed by atoms with van der Waals surface area (Å²) >= 11 is 0. The van der Waals surface area contributed by atoms with Crippen LogP contribution in [0.15, 0.2) is 12.1 Å². The molecular weight excluding hydrogens is 217 g/mol. The molecule has 1 aromatic rings. The minimum absolute atomic E-state index is 0.141. The molecule has 0 spiro atoms. The molecule has 0 bridgehead atoms. The fourth-order valence-corrected chi connectivity index (χ4v) is 2.07. The number of benzene rings is 1. The third-order valence-electron chi connectivity index (χ3n) is 2.90. The number of hydrogen-bond donors (Lipinski definition) is 2. The number of rotatable bonds is 5. The largest absolute Gasteiger partial charge is 0.309 e. The maximum atomic E-state index is 14.0. The van der Waals surface area contributed by atoms with Gasteiger partial charge in [-0.05, 0) is 58.1 Å². The molecule has 1 rings (SSSR count). The van der Waals surface area contributed by atoms with Crippen molar-refractivity contribution in [1.29, 1.82) is 0 Å². The third-order valence-corrected chi connectivity index (χ3v) is 2.90. The predicted octanol–water partition coefficient (Wildman–Crippen LogP) is 1.90. The van der Waals surface area contributed by atoms with E-state index in [1.54, 1.807) is 6.07 Å². The van der Waals surface area contributed by atoms with Gasteiger partial charge in [-0.3, -0.25) is 11.3 Å². The first kappa shape index (κ1) is 14.1. The van der Waals surface area contributed by atoms with Crippen molar-refractivity contribution in [3.8, 4) is 0 Å². The molecule has 0 heterocycles. The van der Waals surface area contributed by atoms with Crippen LogP contribution in [0.3, 0.4) is 0 Å². The SMILES string of the molecule is Cc1cc(C)c(C(CCN(C)C)NN)c(F)c1. The summed E-state index contributed by atoms with van der Waals surface area (Å²) in [5.41, 5.74) is 5.27. The van der Waals surface area contributed by atoms with Crippen molar-refractivity contribution in [3.63, 3.8) is 0 Å². The molecule has 0 aliphatic rings. The van der Waals surface area contributed by atoms with Gasteiger partial charge in [0, 0.05) is 5.56 Å². The van der Waals surface area contributed by atoms with Crippen LogP contribution < -0.4 is 11.3 Å². The second-order valence-electron chi connectivity index (χ2n) is 4.79. The van der Waals surface area contributed by atoms with Gasteiger partial charge < -0.3 is 4.90 Å². The van der Waals surface area contributed by atoms with Gasteiger partial charge in [-0.25, -0.2) is 4.39 Å². The number of nitrogens with one attached hydrogen (secondary N) is 1. The lowest BCUT2D eigenvalue weighted by Gasteiger charge is -2.21. The van der Waals surface area contributed by atoms with E-state index in [2.05, 4.69) is 10.3 Å². The molecule has 0 aromatic heterocycles. The quantitative estimate of drug-likeness (QED) is 0.609. The highest BCUT2D eigenvalue weighted by Crippen LogP contribution is 2.24. The highest BCUT2D eigenvalue weighted by Gasteiger charge is 2.17. The molecule has 0 aliphatic carbocycles. The molecule has 0 radical (unpaired) electrons. The highest BCUT2D eigenvalue weighted by molar-refractivity contribution is 5.34. The first-order valence-corrected chi connectivity index (χ1v) is 5.83. The van der Waals surface area contributed by atoms with Gasteiger partial charge in [0.2, 0.25) is 0 Å². The van der Waals surface area contributed by atoms with Crippen molar-refractivity contribution in [1.82, 2.24) is 10.3 Å². The van der Waals surface area contributed by atoms with Gasteiger partial charge in [-0.1, -0.05) is 6.07 Å². The lowest BCUT2D eigenvalue weighted by Crippen LogP contribution is -2.32. The van der Waals surface area contributed by atoms with Gasteiger partial charge in [0.1, 0.15) is 5.82 Å². The van der Waals surface area contributed by atoms with Crippen molar-refractivity contribution in [3.05, 3.63) is 34.6 Å². The minimum atomic E-state index is -0.177. The maximum absolute atomic E-state index is 14.0. The molecule has 0 saturated heterocycles. The monoisotopic (exact) mass is 239 g/mol. The van der Waals surface area contributed by atoms with Crippen LogP contribution in [0.5, 0.6) is 0 Å². The summed E-state index contributed by atoms with van der Waals surface area (Å²) in [6.07, 6.45) is 0.782. The van der Waals surface area contributed by atoms with Gasteiger partial charge >= 0.3 is 0 Å². The van der Waals surface area contributed by atoms with E-state index in [0.29, 0.717) is 5.56 Å². The topological polar surface area (TPSA) is 41.3 Å². The Morgan fingerprint density at radius 2 is 2.00 bits per heavy atom. The van der Waals surface area contributed by atoms with Crippen LogP contribution in [0.1, 0.15) is 29.2 Å². The van der Waals surface area contributed by atoms with E-state index in [4.69, 9.17) is 5.84 Å². The molecule has 17 heavy (non-hydrogen) atoms. The maximum Gasteiger partial charge on any atom is 0.128 e. The van der Waals surface area contributed by atoms with Gasteiger partial charge in [0.15, 0.2) is 0 Å². The Balaban J connectivity index is 2.95. The summed E-state index contributed by atoms with van der Waals surface area (Å²) in [6, 6.07) is 3.40. The zero-order chi connectivity index (χ0) is 13.0. The zero-order valence-corrected chi connectivity index (χ0v) is 11.0. The lowest BCUT2D eigenvalue weighted by atomic mass is 9.96. The molecule has 1 atom stereocenters. The first-order chi connectivity index (χ1) is 7.95. The van der Waals surface area contributed by atoms with Crippen LogP contribution >= 0.6 is 0 Å². The van der Waals surface area contributed by atoms with E-state index in [9.17, 15) is 4.39 Å². The van der Waals surface area contributed by atoms with E-state index in [0.717, 1.165) is 24.1 Å². The molecule has 96 valence electrons. The van der Waals surface area contributed by atoms with Crippen LogP contribution in [0.25, 0.3) is 0 Å². The molecule has 1 unspecified atom stereocenters. The number of nitrogens with two attached hydrogens (primary N) is 1. The minimum Gasteiger partial charge on any atom is -0.309 e. The van der Waals surface area contributed by atoms with Crippen LogP contribution in [0, 0.1) is 19.7 Å². The van der Waals surface area contributed by atoms with Gasteiger partial charge in [0.05, 0.1) is 6.04 Å². The molecule has 1 aromatic carbocycles. The summed E-state index contributed by atoms with van der Waals surface area (Å²) < 4.78 is 14.0. The zero-order valence-electron chi connectivity index (χ0n) is 11.0. The van der Waals surface area contributed by atoms with Gasteiger partial charge in [-0.15, -0.1) is 0 Å². The Hall–Kier alpha value is -0.970. The predicted molar refractivity (Wildman–Crippen MR) is 69.1 cm³/mol. The summed E-state index contributed by atoms with van der Waals surface area (Å²) in [6.45, 7) is 4.68. The molecule has 0 fully saturated rings. The summed E-state index contributed by atoms with van der Waals surface area (Å²) in [4.78, 5) is 2.06. The Morgan fingerprint density at radius 3 is 2.47 bits per heavy atom.